The highest BCUT2D eigenvalue weighted by atomic mass is 32.2. The van der Waals surface area contributed by atoms with E-state index in [0.717, 1.165) is 0 Å². The summed E-state index contributed by atoms with van der Waals surface area (Å²) in [6, 6.07) is 9.17. The third-order valence-electron chi connectivity index (χ3n) is 3.95. The lowest BCUT2D eigenvalue weighted by molar-refractivity contribution is 0.103. The first-order valence-corrected chi connectivity index (χ1v) is 9.04. The number of methoxy groups -OCH3 is 2. The number of phenols is 1. The Bertz CT molecular complexity index is 963. The van der Waals surface area contributed by atoms with Crippen LogP contribution in [0, 0.1) is 0 Å². The van der Waals surface area contributed by atoms with Crippen LogP contribution in [0.4, 0.5) is 0 Å². The molecule has 1 aliphatic heterocycles. The molecule has 1 heterocycles. The normalized spacial score (nSPS) is 17.2. The summed E-state index contributed by atoms with van der Waals surface area (Å²) in [6.07, 6.45) is 1.47. The van der Waals surface area contributed by atoms with Crippen molar-refractivity contribution < 1.29 is 27.8 Å². The molecule has 0 radical (unpaired) electrons. The predicted molar refractivity (Wildman–Crippen MR) is 92.0 cm³/mol. The Hall–Kier alpha value is -2.80. The molecule has 3 rings (SSSR count). The van der Waals surface area contributed by atoms with Crippen molar-refractivity contribution in [3.63, 3.8) is 0 Å². The Kier molecular flexibility index (Phi) is 4.26. The van der Waals surface area contributed by atoms with Crippen molar-refractivity contribution in [3.05, 3.63) is 53.1 Å². The lowest BCUT2D eigenvalue weighted by Gasteiger charge is -2.18. The van der Waals surface area contributed by atoms with E-state index in [1.165, 1.54) is 44.6 Å². The molecule has 0 aromatic heterocycles. The van der Waals surface area contributed by atoms with Crippen LogP contribution in [0.2, 0.25) is 0 Å². The van der Waals surface area contributed by atoms with Crippen molar-refractivity contribution in [2.24, 2.45) is 0 Å². The summed E-state index contributed by atoms with van der Waals surface area (Å²) in [5.74, 6) is -0.555. The summed E-state index contributed by atoms with van der Waals surface area (Å²) in [7, 11) is -0.811. The van der Waals surface area contributed by atoms with Crippen LogP contribution in [0.15, 0.2) is 46.9 Å². The molecule has 0 atom stereocenters. The molecule has 0 unspecified atom stereocenters. The molecule has 1 N–H and O–H groups in total. The molecule has 0 spiro atoms. The van der Waals surface area contributed by atoms with Crippen LogP contribution in [0.5, 0.6) is 17.2 Å². The molecular formula is C18H16O6S. The number of benzene rings is 2. The van der Waals surface area contributed by atoms with E-state index in [2.05, 4.69) is 0 Å². The smallest absolute Gasteiger partial charge is 0.200 e. The zero-order valence-corrected chi connectivity index (χ0v) is 14.5. The van der Waals surface area contributed by atoms with Crippen LogP contribution >= 0.6 is 0 Å². The SMILES string of the molecule is COc1cc(/C=C2/CS(=O)(=O)c3ccccc3C2=O)cc(OC)c1O. The number of hydrogen-bond acceptors (Lipinski definition) is 6. The van der Waals surface area contributed by atoms with Crippen molar-refractivity contribution in [3.8, 4) is 17.2 Å². The molecule has 0 saturated heterocycles. The third kappa shape index (κ3) is 2.98. The van der Waals surface area contributed by atoms with E-state index in [1.54, 1.807) is 12.1 Å². The largest absolute Gasteiger partial charge is 0.502 e. The minimum atomic E-state index is -3.58. The van der Waals surface area contributed by atoms with E-state index in [0.29, 0.717) is 5.56 Å². The number of ketones is 1. The van der Waals surface area contributed by atoms with Gasteiger partial charge in [0.15, 0.2) is 27.1 Å². The zero-order valence-electron chi connectivity index (χ0n) is 13.6. The van der Waals surface area contributed by atoms with Gasteiger partial charge in [-0.2, -0.15) is 0 Å². The topological polar surface area (TPSA) is 89.9 Å². The quantitative estimate of drug-likeness (QED) is 0.846. The maximum absolute atomic E-state index is 12.6. The summed E-state index contributed by atoms with van der Waals surface area (Å²) < 4.78 is 35.0. The molecule has 0 fully saturated rings. The first-order chi connectivity index (χ1) is 11.9. The number of ether oxygens (including phenoxy) is 2. The van der Waals surface area contributed by atoms with Gasteiger partial charge in [-0.15, -0.1) is 0 Å². The van der Waals surface area contributed by atoms with Crippen molar-refractivity contribution >= 4 is 21.7 Å². The van der Waals surface area contributed by atoms with Crippen LogP contribution in [0.1, 0.15) is 15.9 Å². The highest BCUT2D eigenvalue weighted by Crippen LogP contribution is 2.38. The van der Waals surface area contributed by atoms with Crippen LogP contribution in [0.25, 0.3) is 6.08 Å². The van der Waals surface area contributed by atoms with E-state index < -0.39 is 9.84 Å². The van der Waals surface area contributed by atoms with Crippen molar-refractivity contribution in [2.75, 3.05) is 20.0 Å². The number of hydrogen-bond donors (Lipinski definition) is 1. The Balaban J connectivity index is 2.13. The molecule has 1 aliphatic rings. The van der Waals surface area contributed by atoms with Crippen LogP contribution in [-0.4, -0.2) is 39.3 Å². The summed E-state index contributed by atoms with van der Waals surface area (Å²) in [5, 5.41) is 9.95. The van der Waals surface area contributed by atoms with E-state index in [1.807, 2.05) is 0 Å². The average molecular weight is 360 g/mol. The minimum absolute atomic E-state index is 0.0537. The molecule has 6 nitrogen and oxygen atoms in total. The second-order valence-corrected chi connectivity index (χ2v) is 7.49. The van der Waals surface area contributed by atoms with Gasteiger partial charge in [-0.3, -0.25) is 4.79 Å². The van der Waals surface area contributed by atoms with E-state index in [-0.39, 0.29) is 44.8 Å². The van der Waals surface area contributed by atoms with Gasteiger partial charge >= 0.3 is 0 Å². The average Bonchev–Trinajstić information content (AvgIpc) is 2.60. The number of sulfone groups is 1. The minimum Gasteiger partial charge on any atom is -0.502 e. The lowest BCUT2D eigenvalue weighted by atomic mass is 10.0. The first-order valence-electron chi connectivity index (χ1n) is 7.39. The maximum Gasteiger partial charge on any atom is 0.200 e. The first kappa shape index (κ1) is 17.0. The molecule has 0 bridgehead atoms. The maximum atomic E-state index is 12.6. The molecule has 0 amide bonds. The fourth-order valence-electron chi connectivity index (χ4n) is 2.75. The van der Waals surface area contributed by atoms with Gasteiger partial charge in [-0.1, -0.05) is 12.1 Å². The Morgan fingerprint density at radius 1 is 1.08 bits per heavy atom. The summed E-state index contributed by atoms with van der Waals surface area (Å²) >= 11 is 0. The highest BCUT2D eigenvalue weighted by molar-refractivity contribution is 7.91. The number of fused-ring (bicyclic) bond motifs is 1. The number of rotatable bonds is 3. The molecule has 7 heteroatoms. The molecule has 0 saturated carbocycles. The van der Waals surface area contributed by atoms with Crippen molar-refractivity contribution in [2.45, 2.75) is 4.90 Å². The lowest BCUT2D eigenvalue weighted by Crippen LogP contribution is -2.24. The number of aromatic hydroxyl groups is 1. The number of carbonyl (C=O) groups is 1. The zero-order chi connectivity index (χ0) is 18.2. The van der Waals surface area contributed by atoms with Gasteiger partial charge in [0.1, 0.15) is 0 Å². The second-order valence-electron chi connectivity index (χ2n) is 5.53. The second kappa shape index (κ2) is 6.25. The number of Topliss-reactive ketones (excluding diaryl/α,β-unsaturated/α-hetero) is 1. The van der Waals surface area contributed by atoms with Crippen molar-refractivity contribution in [1.29, 1.82) is 0 Å². The summed E-state index contributed by atoms with van der Waals surface area (Å²) in [5.41, 5.74) is 0.802. The molecule has 25 heavy (non-hydrogen) atoms. The van der Waals surface area contributed by atoms with E-state index in [9.17, 15) is 18.3 Å². The molecule has 2 aromatic carbocycles. The highest BCUT2D eigenvalue weighted by Gasteiger charge is 2.32. The van der Waals surface area contributed by atoms with Gasteiger partial charge in [-0.25, -0.2) is 8.42 Å². The number of carbonyl (C=O) groups excluding carboxylic acids is 1. The fraction of sp³-hybridized carbons (Fsp3) is 0.167. The monoisotopic (exact) mass is 360 g/mol. The predicted octanol–water partition coefficient (Wildman–Crippen LogP) is 2.46. The molecule has 130 valence electrons. The van der Waals surface area contributed by atoms with Gasteiger partial charge in [0.05, 0.1) is 24.9 Å². The van der Waals surface area contributed by atoms with E-state index >= 15 is 0 Å². The molecule has 0 aliphatic carbocycles. The molecular weight excluding hydrogens is 344 g/mol. The molecule has 2 aromatic rings. The summed E-state index contributed by atoms with van der Waals surface area (Å²) in [6.45, 7) is 0. The van der Waals surface area contributed by atoms with E-state index in [4.69, 9.17) is 9.47 Å². The van der Waals surface area contributed by atoms with Crippen molar-refractivity contribution in [1.82, 2.24) is 0 Å². The van der Waals surface area contributed by atoms with Gasteiger partial charge in [0.2, 0.25) is 5.75 Å². The van der Waals surface area contributed by atoms with Gasteiger partial charge in [0, 0.05) is 11.1 Å². The Labute approximate surface area is 145 Å². The Morgan fingerprint density at radius 3 is 2.28 bits per heavy atom. The summed E-state index contributed by atoms with van der Waals surface area (Å²) in [4.78, 5) is 12.7. The van der Waals surface area contributed by atoms with Crippen LogP contribution in [-0.2, 0) is 9.84 Å². The van der Waals surface area contributed by atoms with Crippen LogP contribution in [0.3, 0.4) is 0 Å². The third-order valence-corrected chi connectivity index (χ3v) is 5.66. The van der Waals surface area contributed by atoms with Crippen LogP contribution < -0.4 is 9.47 Å². The number of phenolic OH excluding ortho intramolecular Hbond substituents is 1. The standard InChI is InChI=1S/C18H16O6S/c1-23-14-8-11(9-15(24-2)18(14)20)7-12-10-25(21,22)16-6-4-3-5-13(16)17(12)19/h3-9,20H,10H2,1-2H3/b12-7-. The Morgan fingerprint density at radius 2 is 1.68 bits per heavy atom. The van der Waals surface area contributed by atoms with Gasteiger partial charge in [0.25, 0.3) is 0 Å². The van der Waals surface area contributed by atoms with Gasteiger partial charge < -0.3 is 14.6 Å². The fourth-order valence-corrected chi connectivity index (χ4v) is 4.31. The van der Waals surface area contributed by atoms with Gasteiger partial charge in [-0.05, 0) is 35.9 Å².